The highest BCUT2D eigenvalue weighted by Gasteiger charge is 2.30. The second-order valence-electron chi connectivity index (χ2n) is 14.3. The molecule has 3 heterocycles. The van der Waals surface area contributed by atoms with Gasteiger partial charge < -0.3 is 30.6 Å². The molecule has 0 spiro atoms. The van der Waals surface area contributed by atoms with Gasteiger partial charge in [-0.15, -0.1) is 0 Å². The molecule has 1 aliphatic heterocycles. The molecule has 1 aliphatic carbocycles. The van der Waals surface area contributed by atoms with Gasteiger partial charge in [-0.25, -0.2) is 4.79 Å². The fraction of sp³-hybridized carbons (Fsp3) is 0.472. The summed E-state index contributed by atoms with van der Waals surface area (Å²) in [5.41, 5.74) is 2.84. The molecule has 5 rings (SSSR count). The number of carbonyl (C=O) groups is 1. The number of aromatic nitrogens is 3. The summed E-state index contributed by atoms with van der Waals surface area (Å²) in [6.07, 6.45) is 9.93. The number of aryl methyl sites for hydroxylation is 1. The van der Waals surface area contributed by atoms with Gasteiger partial charge in [0, 0.05) is 50.1 Å². The molecule has 6 N–H and O–H groups in total. The summed E-state index contributed by atoms with van der Waals surface area (Å²) in [6, 6.07) is 10.8. The summed E-state index contributed by atoms with van der Waals surface area (Å²) in [4.78, 5) is 17.7. The number of piperidine rings is 1. The molecular formula is C36H51N11O2. The quantitative estimate of drug-likeness (QED) is 0.138. The van der Waals surface area contributed by atoms with Gasteiger partial charge in [0.05, 0.1) is 24.1 Å². The fourth-order valence-electron chi connectivity index (χ4n) is 6.33. The van der Waals surface area contributed by atoms with Crippen LogP contribution in [0.5, 0.6) is 5.75 Å². The summed E-state index contributed by atoms with van der Waals surface area (Å²) >= 11 is 0. The maximum absolute atomic E-state index is 13.4. The van der Waals surface area contributed by atoms with Crippen molar-refractivity contribution in [2.75, 3.05) is 39.0 Å². The minimum Gasteiger partial charge on any atom is -0.484 e. The van der Waals surface area contributed by atoms with Gasteiger partial charge in [-0.3, -0.25) is 25.4 Å². The first kappa shape index (κ1) is 35.4. The van der Waals surface area contributed by atoms with Crippen LogP contribution in [-0.2, 0) is 7.05 Å². The van der Waals surface area contributed by atoms with Crippen molar-refractivity contribution in [3.63, 3.8) is 0 Å². The fourth-order valence-corrected chi connectivity index (χ4v) is 6.33. The van der Waals surface area contributed by atoms with Crippen LogP contribution in [0.1, 0.15) is 69.7 Å². The molecule has 2 aromatic heterocycles. The van der Waals surface area contributed by atoms with Crippen LogP contribution in [0.3, 0.4) is 0 Å². The summed E-state index contributed by atoms with van der Waals surface area (Å²) in [7, 11) is 6.01. The van der Waals surface area contributed by atoms with Crippen molar-refractivity contribution in [2.24, 2.45) is 18.4 Å². The van der Waals surface area contributed by atoms with Crippen molar-refractivity contribution in [1.29, 1.82) is 16.2 Å². The van der Waals surface area contributed by atoms with Crippen LogP contribution in [0.4, 0.5) is 10.5 Å². The molecular weight excluding hydrogens is 618 g/mol. The Balaban J connectivity index is 1.26. The monoisotopic (exact) mass is 669 g/mol. The first-order chi connectivity index (χ1) is 23.3. The van der Waals surface area contributed by atoms with E-state index in [-0.39, 0.29) is 23.7 Å². The van der Waals surface area contributed by atoms with E-state index in [4.69, 9.17) is 21.0 Å². The van der Waals surface area contributed by atoms with E-state index in [2.05, 4.69) is 40.0 Å². The molecule has 2 unspecified atom stereocenters. The van der Waals surface area contributed by atoms with Gasteiger partial charge in [-0.2, -0.15) is 5.10 Å². The number of rotatable bonds is 9. The number of fused-ring (bicyclic) bond motifs is 1. The summed E-state index contributed by atoms with van der Waals surface area (Å²) in [5.74, 6) is 1.88. The number of nitrogens with zero attached hydrogens (tertiary/aromatic N) is 5. The topological polar surface area (TPSA) is 163 Å². The molecule has 0 bridgehead atoms. The molecule has 13 heteroatoms. The number of amides is 2. The molecule has 2 atom stereocenters. The predicted octanol–water partition coefficient (Wildman–Crippen LogP) is 5.03. The number of hydrogen-bond donors (Lipinski definition) is 6. The number of hydrogen-bond acceptors (Lipinski definition) is 8. The van der Waals surface area contributed by atoms with E-state index in [1.807, 2.05) is 57.0 Å². The average Bonchev–Trinajstić information content (AvgIpc) is 3.46. The Morgan fingerprint density at radius 3 is 2.41 bits per heavy atom. The number of benzene rings is 1. The zero-order valence-corrected chi connectivity index (χ0v) is 29.5. The first-order valence-corrected chi connectivity index (χ1v) is 16.9. The molecule has 262 valence electrons. The Bertz CT molecular complexity index is 1740. The van der Waals surface area contributed by atoms with Gasteiger partial charge in [-0.05, 0) is 69.0 Å². The van der Waals surface area contributed by atoms with Crippen LogP contribution in [0, 0.1) is 27.6 Å². The van der Waals surface area contributed by atoms with Crippen LogP contribution in [0.15, 0.2) is 66.9 Å². The number of allylic oxidation sites excluding steroid dienone is 1. The Morgan fingerprint density at radius 2 is 1.76 bits per heavy atom. The molecule has 2 aliphatic rings. The van der Waals surface area contributed by atoms with Crippen molar-refractivity contribution in [2.45, 2.75) is 58.6 Å². The third-order valence-corrected chi connectivity index (χ3v) is 9.04. The van der Waals surface area contributed by atoms with Crippen LogP contribution in [0.2, 0.25) is 0 Å². The summed E-state index contributed by atoms with van der Waals surface area (Å²) in [5, 5.41) is 39.4. The Kier molecular flexibility index (Phi) is 10.9. The van der Waals surface area contributed by atoms with Crippen molar-refractivity contribution in [3.05, 3.63) is 83.5 Å². The van der Waals surface area contributed by atoms with E-state index < -0.39 is 5.41 Å². The van der Waals surface area contributed by atoms with E-state index >= 15 is 0 Å². The first-order valence-electron chi connectivity index (χ1n) is 16.9. The van der Waals surface area contributed by atoms with Gasteiger partial charge in [-0.1, -0.05) is 45.0 Å². The summed E-state index contributed by atoms with van der Waals surface area (Å²) < 4.78 is 9.79. The second kappa shape index (κ2) is 15.1. The molecule has 13 nitrogen and oxygen atoms in total. The number of urea groups is 1. The SMILES string of the molecule is CN(C)CC1CCN(C(=N)n2cc(OC3CCC(NC(=O)N/C(=C/C(=N)C(C)(C)C)Nc4cnn(C)c4)c4ccccc43)ccc2=N)CC1. The van der Waals surface area contributed by atoms with Crippen molar-refractivity contribution >= 4 is 23.4 Å². The number of nitrogens with one attached hydrogen (secondary N) is 6. The molecule has 3 aromatic rings. The third kappa shape index (κ3) is 9.17. The van der Waals surface area contributed by atoms with Crippen LogP contribution in [0.25, 0.3) is 0 Å². The highest BCUT2D eigenvalue weighted by Crippen LogP contribution is 2.38. The lowest BCUT2D eigenvalue weighted by Gasteiger charge is -2.35. The van der Waals surface area contributed by atoms with Crippen LogP contribution >= 0.6 is 0 Å². The molecule has 1 saturated heterocycles. The van der Waals surface area contributed by atoms with Gasteiger partial charge in [0.1, 0.15) is 23.2 Å². The standard InChI is InChI=1S/C36H51N11O2/c1-36(2,3)31(37)19-33(41-25-20-40-45(6)22-25)43-35(48)42-29-12-13-30(28-10-8-7-9-27(28)29)49-26-11-14-32(38)47(23-26)34(39)46-17-15-24(16-18-46)21-44(4)5/h7-11,14,19-20,22-24,29-30,37-39,41H,12-13,15-18,21H2,1-6H3,(H2,42,43,48)/b33-19+,37-31?,38-32?,39-34?. The lowest BCUT2D eigenvalue weighted by atomic mass is 9.85. The molecule has 1 aromatic carbocycles. The van der Waals surface area contributed by atoms with Crippen molar-refractivity contribution in [1.82, 2.24) is 34.8 Å². The van der Waals surface area contributed by atoms with Crippen molar-refractivity contribution < 1.29 is 9.53 Å². The maximum atomic E-state index is 13.4. The van der Waals surface area contributed by atoms with E-state index in [0.29, 0.717) is 47.7 Å². The second-order valence-corrected chi connectivity index (χ2v) is 14.3. The third-order valence-electron chi connectivity index (χ3n) is 9.04. The van der Waals surface area contributed by atoms with Crippen LogP contribution in [-0.4, -0.2) is 75.6 Å². The minimum atomic E-state index is -0.402. The summed E-state index contributed by atoms with van der Waals surface area (Å²) in [6.45, 7) is 8.49. The molecule has 1 fully saturated rings. The van der Waals surface area contributed by atoms with E-state index in [1.165, 1.54) is 0 Å². The predicted molar refractivity (Wildman–Crippen MR) is 192 cm³/mol. The minimum absolute atomic E-state index is 0.233. The maximum Gasteiger partial charge on any atom is 0.320 e. The zero-order chi connectivity index (χ0) is 35.3. The number of pyridine rings is 1. The highest BCUT2D eigenvalue weighted by atomic mass is 16.5. The van der Waals surface area contributed by atoms with Gasteiger partial charge in [0.25, 0.3) is 0 Å². The average molecular weight is 670 g/mol. The number of anilines is 1. The molecule has 0 radical (unpaired) electrons. The number of carbonyl (C=O) groups excluding carboxylic acids is 1. The lowest BCUT2D eigenvalue weighted by Crippen LogP contribution is -2.45. The Morgan fingerprint density at radius 1 is 1.04 bits per heavy atom. The highest BCUT2D eigenvalue weighted by molar-refractivity contribution is 5.97. The van der Waals surface area contributed by atoms with E-state index in [9.17, 15) is 4.79 Å². The molecule has 0 saturated carbocycles. The Labute approximate surface area is 288 Å². The molecule has 2 amide bonds. The number of ether oxygens (including phenoxy) is 1. The molecule has 49 heavy (non-hydrogen) atoms. The van der Waals surface area contributed by atoms with Crippen LogP contribution < -0.4 is 26.2 Å². The Hall–Kier alpha value is -4.91. The van der Waals surface area contributed by atoms with Gasteiger partial charge in [0.2, 0.25) is 5.96 Å². The van der Waals surface area contributed by atoms with Gasteiger partial charge >= 0.3 is 6.03 Å². The smallest absolute Gasteiger partial charge is 0.320 e. The van der Waals surface area contributed by atoms with E-state index in [1.54, 1.807) is 46.0 Å². The van der Waals surface area contributed by atoms with E-state index in [0.717, 1.165) is 43.6 Å². The lowest BCUT2D eigenvalue weighted by molar-refractivity contribution is 0.170. The normalized spacial score (nSPS) is 18.5. The zero-order valence-electron chi connectivity index (χ0n) is 29.5. The number of likely N-dealkylation sites (tertiary alicyclic amines) is 1. The van der Waals surface area contributed by atoms with Crippen molar-refractivity contribution in [3.8, 4) is 5.75 Å². The van der Waals surface area contributed by atoms with Gasteiger partial charge in [0.15, 0.2) is 0 Å². The largest absolute Gasteiger partial charge is 0.484 e.